The van der Waals surface area contributed by atoms with Gasteiger partial charge in [0, 0.05) is 18.1 Å². The summed E-state index contributed by atoms with van der Waals surface area (Å²) in [6.45, 7) is 2.55. The molecule has 1 amide bonds. The minimum absolute atomic E-state index is 0.180. The molecule has 0 aliphatic carbocycles. The van der Waals surface area contributed by atoms with Crippen LogP contribution in [-0.4, -0.2) is 33.8 Å². The summed E-state index contributed by atoms with van der Waals surface area (Å²) < 4.78 is 20.4. The normalized spacial score (nSPS) is 10.9. The lowest BCUT2D eigenvalue weighted by molar-refractivity contribution is 0.0951. The first-order chi connectivity index (χ1) is 15.0. The number of hydrogen-bond acceptors (Lipinski definition) is 4. The molecule has 0 aliphatic heterocycles. The Morgan fingerprint density at radius 3 is 2.74 bits per heavy atom. The molecule has 8 heteroatoms. The van der Waals surface area contributed by atoms with Gasteiger partial charge < -0.3 is 10.1 Å². The number of amides is 1. The molecule has 0 spiro atoms. The molecule has 0 atom stereocenters. The summed E-state index contributed by atoms with van der Waals surface area (Å²) in [5.41, 5.74) is 2.17. The summed E-state index contributed by atoms with van der Waals surface area (Å²) >= 11 is 6.39. The van der Waals surface area contributed by atoms with Gasteiger partial charge in [-0.3, -0.25) is 9.78 Å². The standard InChI is InChI=1S/C23H20ClFN4O2/c1-15-20(22(24)29(28-15)18-10-8-17(25)9-11-18)23(30)27-13-4-14-31-19-7-2-5-16-6-3-12-26-21(16)19/h2-3,5-12H,4,13-14H2,1H3,(H,27,30). The highest BCUT2D eigenvalue weighted by Crippen LogP contribution is 2.24. The zero-order valence-corrected chi connectivity index (χ0v) is 17.6. The van der Waals surface area contributed by atoms with E-state index in [1.54, 1.807) is 25.3 Å². The highest BCUT2D eigenvalue weighted by Gasteiger charge is 2.20. The maximum atomic E-state index is 13.2. The van der Waals surface area contributed by atoms with Crippen molar-refractivity contribution in [3.8, 4) is 11.4 Å². The van der Waals surface area contributed by atoms with E-state index < -0.39 is 0 Å². The lowest BCUT2D eigenvalue weighted by Crippen LogP contribution is -2.26. The number of nitrogens with one attached hydrogen (secondary N) is 1. The second-order valence-electron chi connectivity index (χ2n) is 6.93. The first kappa shape index (κ1) is 20.8. The predicted molar refractivity (Wildman–Crippen MR) is 117 cm³/mol. The third-order valence-corrected chi connectivity index (χ3v) is 5.11. The van der Waals surface area contributed by atoms with Crippen LogP contribution in [0.25, 0.3) is 16.6 Å². The van der Waals surface area contributed by atoms with Crippen LogP contribution in [0.1, 0.15) is 22.5 Å². The summed E-state index contributed by atoms with van der Waals surface area (Å²) in [6.07, 6.45) is 2.34. The Morgan fingerprint density at radius 2 is 1.94 bits per heavy atom. The molecule has 0 unspecified atom stereocenters. The Kier molecular flexibility index (Phi) is 6.13. The number of ether oxygens (including phenoxy) is 1. The van der Waals surface area contributed by atoms with E-state index >= 15 is 0 Å². The molecule has 6 nitrogen and oxygen atoms in total. The van der Waals surface area contributed by atoms with Gasteiger partial charge in [0.2, 0.25) is 0 Å². The quantitative estimate of drug-likeness (QED) is 0.424. The van der Waals surface area contributed by atoms with Crippen LogP contribution in [-0.2, 0) is 0 Å². The number of aryl methyl sites for hydroxylation is 1. The van der Waals surface area contributed by atoms with Crippen LogP contribution < -0.4 is 10.1 Å². The third-order valence-electron chi connectivity index (χ3n) is 4.76. The first-order valence-electron chi connectivity index (χ1n) is 9.80. The van der Waals surface area contributed by atoms with Crippen LogP contribution in [0.4, 0.5) is 4.39 Å². The van der Waals surface area contributed by atoms with Crippen molar-refractivity contribution in [1.82, 2.24) is 20.1 Å². The lowest BCUT2D eigenvalue weighted by Gasteiger charge is -2.09. The van der Waals surface area contributed by atoms with Gasteiger partial charge in [-0.05, 0) is 49.7 Å². The number of carbonyl (C=O) groups excluding carboxylic acids is 1. The van der Waals surface area contributed by atoms with Gasteiger partial charge in [0.05, 0.1) is 23.6 Å². The van der Waals surface area contributed by atoms with Crippen molar-refractivity contribution >= 4 is 28.4 Å². The Morgan fingerprint density at radius 1 is 1.16 bits per heavy atom. The van der Waals surface area contributed by atoms with Crippen LogP contribution in [0.15, 0.2) is 60.8 Å². The summed E-state index contributed by atoms with van der Waals surface area (Å²) in [7, 11) is 0. The molecule has 4 aromatic rings. The number of carbonyl (C=O) groups is 1. The summed E-state index contributed by atoms with van der Waals surface area (Å²) in [5, 5.41) is 8.35. The van der Waals surface area contributed by atoms with Gasteiger partial charge >= 0.3 is 0 Å². The molecule has 1 N–H and O–H groups in total. The molecule has 2 aromatic carbocycles. The van der Waals surface area contributed by atoms with Crippen LogP contribution in [0.3, 0.4) is 0 Å². The molecule has 158 valence electrons. The van der Waals surface area contributed by atoms with Gasteiger partial charge in [-0.1, -0.05) is 29.8 Å². The Hall–Kier alpha value is -3.45. The Labute approximate surface area is 183 Å². The second-order valence-corrected chi connectivity index (χ2v) is 7.29. The highest BCUT2D eigenvalue weighted by molar-refractivity contribution is 6.33. The summed E-state index contributed by atoms with van der Waals surface area (Å²) in [6, 6.07) is 15.4. The second kappa shape index (κ2) is 9.14. The fourth-order valence-electron chi connectivity index (χ4n) is 3.25. The van der Waals surface area contributed by atoms with Gasteiger partial charge in [-0.25, -0.2) is 9.07 Å². The number of hydrogen-bond donors (Lipinski definition) is 1. The van der Waals surface area contributed by atoms with E-state index in [1.807, 2.05) is 30.3 Å². The minimum Gasteiger partial charge on any atom is -0.491 e. The predicted octanol–water partition coefficient (Wildman–Crippen LogP) is 4.72. The minimum atomic E-state index is -0.358. The molecule has 2 aromatic heterocycles. The SMILES string of the molecule is Cc1nn(-c2ccc(F)cc2)c(Cl)c1C(=O)NCCCOc1cccc2cccnc12. The van der Waals surface area contributed by atoms with E-state index in [2.05, 4.69) is 15.4 Å². The molecular weight excluding hydrogens is 419 g/mol. The van der Waals surface area contributed by atoms with Crippen molar-refractivity contribution in [1.29, 1.82) is 0 Å². The van der Waals surface area contributed by atoms with Gasteiger partial charge in [-0.2, -0.15) is 5.10 Å². The third kappa shape index (κ3) is 4.51. The number of halogens is 2. The fraction of sp³-hybridized carbons (Fsp3) is 0.174. The molecule has 0 bridgehead atoms. The molecular formula is C23H20ClFN4O2. The van der Waals surface area contributed by atoms with Crippen molar-refractivity contribution in [2.75, 3.05) is 13.2 Å². The van der Waals surface area contributed by atoms with Crippen LogP contribution in [0, 0.1) is 12.7 Å². The molecule has 0 saturated carbocycles. The lowest BCUT2D eigenvalue weighted by atomic mass is 10.2. The van der Waals surface area contributed by atoms with Crippen molar-refractivity contribution in [3.05, 3.63) is 83.0 Å². The van der Waals surface area contributed by atoms with Gasteiger partial charge in [-0.15, -0.1) is 0 Å². The Balaban J connectivity index is 1.34. The van der Waals surface area contributed by atoms with E-state index in [9.17, 15) is 9.18 Å². The zero-order valence-electron chi connectivity index (χ0n) is 16.8. The van der Waals surface area contributed by atoms with Crippen LogP contribution in [0.5, 0.6) is 5.75 Å². The van der Waals surface area contributed by atoms with E-state index in [0.29, 0.717) is 42.3 Å². The molecule has 2 heterocycles. The van der Waals surface area contributed by atoms with Gasteiger partial charge in [0.15, 0.2) is 0 Å². The number of fused-ring (bicyclic) bond motifs is 1. The molecule has 4 rings (SSSR count). The van der Waals surface area contributed by atoms with Crippen molar-refractivity contribution in [3.63, 3.8) is 0 Å². The van der Waals surface area contributed by atoms with Gasteiger partial charge in [0.1, 0.15) is 22.2 Å². The highest BCUT2D eigenvalue weighted by atomic mass is 35.5. The topological polar surface area (TPSA) is 69.0 Å². The average Bonchev–Trinajstić information content (AvgIpc) is 3.08. The number of aromatic nitrogens is 3. The van der Waals surface area contributed by atoms with Crippen molar-refractivity contribution < 1.29 is 13.9 Å². The Bertz CT molecular complexity index is 1220. The summed E-state index contributed by atoms with van der Waals surface area (Å²) in [5.74, 6) is 0.0368. The van der Waals surface area contributed by atoms with E-state index in [-0.39, 0.29) is 16.9 Å². The van der Waals surface area contributed by atoms with Gasteiger partial charge in [0.25, 0.3) is 5.91 Å². The van der Waals surface area contributed by atoms with Crippen LogP contribution >= 0.6 is 11.6 Å². The monoisotopic (exact) mass is 438 g/mol. The molecule has 0 radical (unpaired) electrons. The first-order valence-corrected chi connectivity index (χ1v) is 10.2. The van der Waals surface area contributed by atoms with Crippen molar-refractivity contribution in [2.24, 2.45) is 0 Å². The van der Waals surface area contributed by atoms with E-state index in [0.717, 1.165) is 10.9 Å². The van der Waals surface area contributed by atoms with Crippen LogP contribution in [0.2, 0.25) is 5.15 Å². The molecule has 31 heavy (non-hydrogen) atoms. The largest absolute Gasteiger partial charge is 0.491 e. The smallest absolute Gasteiger partial charge is 0.256 e. The zero-order chi connectivity index (χ0) is 21.8. The van der Waals surface area contributed by atoms with E-state index in [1.165, 1.54) is 16.8 Å². The number of rotatable bonds is 7. The maximum Gasteiger partial charge on any atom is 0.256 e. The number of para-hydroxylation sites is 1. The number of benzene rings is 2. The van der Waals surface area contributed by atoms with E-state index in [4.69, 9.17) is 16.3 Å². The number of nitrogens with zero attached hydrogens (tertiary/aromatic N) is 3. The number of pyridine rings is 1. The maximum absolute atomic E-state index is 13.2. The average molecular weight is 439 g/mol. The molecule has 0 saturated heterocycles. The summed E-state index contributed by atoms with van der Waals surface area (Å²) in [4.78, 5) is 17.0. The fourth-order valence-corrected chi connectivity index (χ4v) is 3.61. The van der Waals surface area contributed by atoms with Crippen molar-refractivity contribution in [2.45, 2.75) is 13.3 Å². The molecule has 0 fully saturated rings. The molecule has 0 aliphatic rings.